The fourth-order valence-electron chi connectivity index (χ4n) is 2.50. The van der Waals surface area contributed by atoms with E-state index in [0.717, 1.165) is 48.5 Å². The van der Waals surface area contributed by atoms with E-state index in [1.807, 2.05) is 0 Å². The zero-order valence-corrected chi connectivity index (χ0v) is 13.4. The monoisotopic (exact) mass is 385 g/mol. The lowest BCUT2D eigenvalue weighted by Crippen LogP contribution is -2.05. The molecule has 3 aromatic rings. The van der Waals surface area contributed by atoms with Crippen molar-refractivity contribution in [3.8, 4) is 22.5 Å². The number of nitrogens with zero attached hydrogens (tertiary/aromatic N) is 1. The molecule has 0 bridgehead atoms. The summed E-state index contributed by atoms with van der Waals surface area (Å²) < 4.78 is 91.2. The van der Waals surface area contributed by atoms with Crippen LogP contribution in [0.25, 0.3) is 22.5 Å². The second-order valence-electron chi connectivity index (χ2n) is 5.71. The largest absolute Gasteiger partial charge is 0.416 e. The zero-order valence-electron chi connectivity index (χ0n) is 13.4. The molecule has 0 N–H and O–H groups in total. The van der Waals surface area contributed by atoms with Crippen molar-refractivity contribution in [1.82, 2.24) is 4.98 Å². The predicted molar refractivity (Wildman–Crippen MR) is 85.1 cm³/mol. The van der Waals surface area contributed by atoms with Crippen LogP contribution in [0.15, 0.2) is 60.7 Å². The summed E-state index contributed by atoms with van der Waals surface area (Å²) in [5.41, 5.74) is -2.12. The zero-order chi connectivity index (χ0) is 19.8. The second-order valence-corrected chi connectivity index (χ2v) is 5.71. The van der Waals surface area contributed by atoms with Crippen LogP contribution >= 0.6 is 0 Å². The van der Waals surface area contributed by atoms with Crippen molar-refractivity contribution in [1.29, 1.82) is 0 Å². The van der Waals surface area contributed by atoms with Gasteiger partial charge in [0.2, 0.25) is 0 Å². The van der Waals surface area contributed by atoms with Crippen LogP contribution in [0.3, 0.4) is 0 Å². The highest BCUT2D eigenvalue weighted by Gasteiger charge is 2.31. The van der Waals surface area contributed by atoms with Crippen LogP contribution in [-0.2, 0) is 12.4 Å². The number of benzene rings is 2. The fraction of sp³-hybridized carbons (Fsp3) is 0.105. The fourth-order valence-corrected chi connectivity index (χ4v) is 2.50. The summed E-state index contributed by atoms with van der Waals surface area (Å²) in [6.45, 7) is 0. The first kappa shape index (κ1) is 18.9. The average Bonchev–Trinajstić information content (AvgIpc) is 2.60. The highest BCUT2D eigenvalue weighted by atomic mass is 19.4. The van der Waals surface area contributed by atoms with Crippen molar-refractivity contribution >= 4 is 0 Å². The minimum atomic E-state index is -4.59. The SMILES string of the molecule is Fc1cc(-c2cccc(C(F)(F)F)c2)nc(-c2cccc(C(F)(F)F)c2)c1. The van der Waals surface area contributed by atoms with Gasteiger partial charge in [-0.05, 0) is 24.3 Å². The van der Waals surface area contributed by atoms with Crippen LogP contribution in [0, 0.1) is 5.82 Å². The van der Waals surface area contributed by atoms with Crippen LogP contribution in [-0.4, -0.2) is 4.98 Å². The Hall–Kier alpha value is -2.90. The molecule has 0 amide bonds. The molecule has 0 saturated heterocycles. The summed E-state index contributed by atoms with van der Waals surface area (Å²) in [5, 5.41) is 0. The molecule has 140 valence electrons. The number of pyridine rings is 1. The van der Waals surface area contributed by atoms with E-state index in [4.69, 9.17) is 0 Å². The van der Waals surface area contributed by atoms with Gasteiger partial charge in [-0.25, -0.2) is 9.37 Å². The van der Waals surface area contributed by atoms with Gasteiger partial charge in [-0.2, -0.15) is 26.3 Å². The van der Waals surface area contributed by atoms with E-state index in [2.05, 4.69) is 4.98 Å². The summed E-state index contributed by atoms with van der Waals surface area (Å²) in [6.07, 6.45) is -9.18. The van der Waals surface area contributed by atoms with Gasteiger partial charge in [0.15, 0.2) is 0 Å². The lowest BCUT2D eigenvalue weighted by atomic mass is 10.0. The second kappa shape index (κ2) is 6.68. The van der Waals surface area contributed by atoms with Crippen molar-refractivity contribution in [3.05, 3.63) is 77.6 Å². The Bertz CT molecular complexity index is 899. The summed E-state index contributed by atoms with van der Waals surface area (Å²) in [4.78, 5) is 4.05. The average molecular weight is 385 g/mol. The van der Waals surface area contributed by atoms with Crippen molar-refractivity contribution in [3.63, 3.8) is 0 Å². The normalized spacial score (nSPS) is 12.3. The maximum absolute atomic E-state index is 14.0. The van der Waals surface area contributed by atoms with Gasteiger partial charge in [0.25, 0.3) is 0 Å². The lowest BCUT2D eigenvalue weighted by molar-refractivity contribution is -0.138. The molecule has 0 radical (unpaired) electrons. The molecule has 1 aromatic heterocycles. The van der Waals surface area contributed by atoms with E-state index >= 15 is 0 Å². The van der Waals surface area contributed by atoms with Crippen molar-refractivity contribution < 1.29 is 30.7 Å². The first-order chi connectivity index (χ1) is 12.5. The summed E-state index contributed by atoms with van der Waals surface area (Å²) in [7, 11) is 0. The standard InChI is InChI=1S/C19H10F7N/c20-15-9-16(11-3-1-5-13(7-11)18(21,22)23)27-17(10-15)12-4-2-6-14(8-12)19(24,25)26/h1-10H. The van der Waals surface area contributed by atoms with Crippen molar-refractivity contribution in [2.75, 3.05) is 0 Å². The Morgan fingerprint density at radius 1 is 0.593 bits per heavy atom. The highest BCUT2D eigenvalue weighted by Crippen LogP contribution is 2.34. The number of alkyl halides is 6. The Morgan fingerprint density at radius 3 is 1.37 bits per heavy atom. The molecule has 1 heterocycles. The number of hydrogen-bond acceptors (Lipinski definition) is 1. The molecular weight excluding hydrogens is 375 g/mol. The van der Waals surface area contributed by atoms with E-state index in [-0.39, 0.29) is 22.5 Å². The van der Waals surface area contributed by atoms with E-state index in [0.29, 0.717) is 0 Å². The van der Waals surface area contributed by atoms with Crippen LogP contribution < -0.4 is 0 Å². The molecule has 0 fully saturated rings. The van der Waals surface area contributed by atoms with Gasteiger partial charge in [-0.1, -0.05) is 24.3 Å². The van der Waals surface area contributed by atoms with E-state index < -0.39 is 29.3 Å². The van der Waals surface area contributed by atoms with Crippen molar-refractivity contribution in [2.45, 2.75) is 12.4 Å². The van der Waals surface area contributed by atoms with Gasteiger partial charge < -0.3 is 0 Å². The Labute approximate surface area is 149 Å². The van der Waals surface area contributed by atoms with Gasteiger partial charge in [0, 0.05) is 23.3 Å². The first-order valence-corrected chi connectivity index (χ1v) is 7.57. The maximum Gasteiger partial charge on any atom is 0.416 e. The lowest BCUT2D eigenvalue weighted by Gasteiger charge is -2.11. The smallest absolute Gasteiger partial charge is 0.248 e. The molecule has 27 heavy (non-hydrogen) atoms. The molecule has 3 rings (SSSR count). The first-order valence-electron chi connectivity index (χ1n) is 7.57. The quantitative estimate of drug-likeness (QED) is 0.454. The number of halogens is 7. The molecule has 0 aliphatic heterocycles. The number of hydrogen-bond donors (Lipinski definition) is 0. The third-order valence-corrected chi connectivity index (χ3v) is 3.76. The van der Waals surface area contributed by atoms with Gasteiger partial charge in [-0.3, -0.25) is 0 Å². The Morgan fingerprint density at radius 2 is 1.00 bits per heavy atom. The molecule has 0 spiro atoms. The molecule has 0 aliphatic carbocycles. The predicted octanol–water partition coefficient (Wildman–Crippen LogP) is 6.59. The minimum absolute atomic E-state index is 0.00227. The van der Waals surface area contributed by atoms with E-state index in [9.17, 15) is 30.7 Å². The van der Waals surface area contributed by atoms with Crippen molar-refractivity contribution in [2.24, 2.45) is 0 Å². The summed E-state index contributed by atoms with van der Waals surface area (Å²) in [6, 6.07) is 10.1. The third-order valence-electron chi connectivity index (χ3n) is 3.76. The molecule has 1 nitrogen and oxygen atoms in total. The molecule has 0 atom stereocenters. The van der Waals surface area contributed by atoms with E-state index in [1.54, 1.807) is 0 Å². The molecule has 0 aliphatic rings. The Kier molecular flexibility index (Phi) is 4.67. The van der Waals surface area contributed by atoms with E-state index in [1.165, 1.54) is 12.1 Å². The van der Waals surface area contributed by atoms with Gasteiger partial charge in [0.1, 0.15) is 5.82 Å². The maximum atomic E-state index is 14.0. The van der Waals surface area contributed by atoms with Gasteiger partial charge >= 0.3 is 12.4 Å². The minimum Gasteiger partial charge on any atom is -0.248 e. The highest BCUT2D eigenvalue weighted by molar-refractivity contribution is 5.67. The molecule has 0 saturated carbocycles. The number of rotatable bonds is 2. The molecule has 2 aromatic carbocycles. The third kappa shape index (κ3) is 4.27. The van der Waals surface area contributed by atoms with Crippen LogP contribution in [0.5, 0.6) is 0 Å². The van der Waals surface area contributed by atoms with Gasteiger partial charge in [0.05, 0.1) is 22.5 Å². The topological polar surface area (TPSA) is 12.9 Å². The molecule has 0 unspecified atom stereocenters. The van der Waals surface area contributed by atoms with Crippen LogP contribution in [0.4, 0.5) is 30.7 Å². The number of aromatic nitrogens is 1. The summed E-state index contributed by atoms with van der Waals surface area (Å²) >= 11 is 0. The molecule has 8 heteroatoms. The summed E-state index contributed by atoms with van der Waals surface area (Å²) in [5.74, 6) is -0.829. The van der Waals surface area contributed by atoms with Gasteiger partial charge in [-0.15, -0.1) is 0 Å². The molecular formula is C19H10F7N. The van der Waals surface area contributed by atoms with Crippen LogP contribution in [0.2, 0.25) is 0 Å². The Balaban J connectivity index is 2.09. The van der Waals surface area contributed by atoms with Crippen LogP contribution in [0.1, 0.15) is 11.1 Å².